The summed E-state index contributed by atoms with van der Waals surface area (Å²) < 4.78 is 21.6. The third-order valence-electron chi connectivity index (χ3n) is 5.03. The highest BCUT2D eigenvalue weighted by Crippen LogP contribution is 2.38. The van der Waals surface area contributed by atoms with Gasteiger partial charge in [0.2, 0.25) is 5.91 Å². The van der Waals surface area contributed by atoms with E-state index in [1.165, 1.54) is 0 Å². The number of carbonyl (C=O) groups excluding carboxylic acids is 1. The molecule has 0 bridgehead atoms. The van der Waals surface area contributed by atoms with Crippen molar-refractivity contribution in [3.63, 3.8) is 0 Å². The van der Waals surface area contributed by atoms with Gasteiger partial charge in [0, 0.05) is 17.8 Å². The summed E-state index contributed by atoms with van der Waals surface area (Å²) in [6.45, 7) is 0.636. The molecule has 34 heavy (non-hydrogen) atoms. The maximum Gasteiger partial charge on any atom is 0.228 e. The van der Waals surface area contributed by atoms with E-state index >= 15 is 0 Å². The summed E-state index contributed by atoms with van der Waals surface area (Å²) in [4.78, 5) is 14.5. The zero-order chi connectivity index (χ0) is 24.8. The van der Waals surface area contributed by atoms with Gasteiger partial charge in [-0.05, 0) is 54.5 Å². The average Bonchev–Trinajstić information content (AvgIpc) is 2.74. The van der Waals surface area contributed by atoms with Crippen LogP contribution in [0.15, 0.2) is 54.6 Å². The second kappa shape index (κ2) is 11.5. The minimum Gasteiger partial charge on any atom is -0.326 e. The number of nitrogens with zero attached hydrogens (tertiary/aromatic N) is 2. The Morgan fingerprint density at radius 3 is 2.18 bits per heavy atom. The molecule has 1 N–H and O–H groups in total. The zero-order valence-corrected chi connectivity index (χ0v) is 21.0. The Morgan fingerprint density at radius 1 is 1.00 bits per heavy atom. The Morgan fingerprint density at radius 2 is 1.62 bits per heavy atom. The standard InChI is InChI=1S/C25H23Cl2N3O3S/c1-30(2)14-19-8-7-18(10-20(19)13-28)25-22(26)11-21(12-23(25)27)29-24(31)9-16-3-5-17(6-4-16)15-34(32)33/h3-8,10-12,34H,9,14-15H2,1-2H3,(H,29,31). The van der Waals surface area contributed by atoms with Crippen LogP contribution in [0.4, 0.5) is 5.69 Å². The van der Waals surface area contributed by atoms with Crippen LogP contribution >= 0.6 is 23.2 Å². The van der Waals surface area contributed by atoms with Gasteiger partial charge in [0.1, 0.15) is 10.7 Å². The molecule has 6 nitrogen and oxygen atoms in total. The fourth-order valence-corrected chi connectivity index (χ4v) is 4.75. The molecule has 3 aromatic carbocycles. The number of rotatable bonds is 8. The molecule has 3 rings (SSSR count). The third-order valence-corrected chi connectivity index (χ3v) is 6.25. The number of thiol groups is 1. The normalized spacial score (nSPS) is 11.0. The molecular weight excluding hydrogens is 493 g/mol. The van der Waals surface area contributed by atoms with Gasteiger partial charge in [-0.15, -0.1) is 0 Å². The molecule has 0 aliphatic rings. The van der Waals surface area contributed by atoms with Gasteiger partial charge in [0.25, 0.3) is 0 Å². The summed E-state index contributed by atoms with van der Waals surface area (Å²) in [5, 5.41) is 13.0. The van der Waals surface area contributed by atoms with E-state index in [1.54, 1.807) is 42.5 Å². The first-order valence-corrected chi connectivity index (χ1v) is 12.4. The van der Waals surface area contributed by atoms with Crippen molar-refractivity contribution in [3.05, 3.63) is 86.9 Å². The molecule has 0 saturated carbocycles. The molecule has 9 heteroatoms. The van der Waals surface area contributed by atoms with E-state index in [4.69, 9.17) is 23.2 Å². The van der Waals surface area contributed by atoms with Crippen molar-refractivity contribution < 1.29 is 13.2 Å². The van der Waals surface area contributed by atoms with Crippen LogP contribution in [0.3, 0.4) is 0 Å². The SMILES string of the molecule is CN(C)Cc1ccc(-c2c(Cl)cc(NC(=O)Cc3ccc(C[SH](=O)=O)cc3)cc2Cl)cc1C#N. The molecule has 0 saturated heterocycles. The molecule has 0 aromatic heterocycles. The molecule has 0 spiro atoms. The van der Waals surface area contributed by atoms with Gasteiger partial charge in [0.15, 0.2) is 0 Å². The highest BCUT2D eigenvalue weighted by molar-refractivity contribution is 7.71. The second-order valence-corrected chi connectivity index (χ2v) is 9.86. The lowest BCUT2D eigenvalue weighted by Gasteiger charge is -2.15. The number of nitrogens with one attached hydrogen (secondary N) is 1. The van der Waals surface area contributed by atoms with Gasteiger partial charge in [-0.2, -0.15) is 5.26 Å². The number of halogens is 2. The van der Waals surface area contributed by atoms with Gasteiger partial charge in [-0.25, -0.2) is 8.42 Å². The van der Waals surface area contributed by atoms with Crippen LogP contribution in [-0.4, -0.2) is 33.3 Å². The number of amides is 1. The number of benzene rings is 3. The van der Waals surface area contributed by atoms with Crippen LogP contribution in [0.1, 0.15) is 22.3 Å². The first kappa shape index (κ1) is 25.7. The third kappa shape index (κ3) is 6.81. The Labute approximate surface area is 210 Å². The highest BCUT2D eigenvalue weighted by Gasteiger charge is 2.15. The first-order valence-electron chi connectivity index (χ1n) is 10.3. The van der Waals surface area contributed by atoms with Crippen LogP contribution in [0.5, 0.6) is 0 Å². The zero-order valence-electron chi connectivity index (χ0n) is 18.6. The summed E-state index contributed by atoms with van der Waals surface area (Å²) in [7, 11) is 1.38. The quantitative estimate of drug-likeness (QED) is 0.417. The fraction of sp³-hybridized carbons (Fsp3) is 0.200. The molecule has 0 aliphatic carbocycles. The maximum atomic E-state index is 12.5. The highest BCUT2D eigenvalue weighted by atomic mass is 35.5. The van der Waals surface area contributed by atoms with Gasteiger partial charge in [-0.1, -0.05) is 59.6 Å². The molecule has 0 radical (unpaired) electrons. The maximum absolute atomic E-state index is 12.5. The van der Waals surface area contributed by atoms with E-state index in [9.17, 15) is 18.5 Å². The van der Waals surface area contributed by atoms with Crippen molar-refractivity contribution in [3.8, 4) is 17.2 Å². The predicted molar refractivity (Wildman–Crippen MR) is 137 cm³/mol. The first-order chi connectivity index (χ1) is 16.2. The summed E-state index contributed by atoms with van der Waals surface area (Å²) in [6.07, 6.45) is 0.111. The molecule has 0 atom stereocenters. The van der Waals surface area contributed by atoms with Crippen LogP contribution in [0, 0.1) is 11.3 Å². The van der Waals surface area contributed by atoms with Gasteiger partial charge in [-0.3, -0.25) is 4.79 Å². The van der Waals surface area contributed by atoms with Gasteiger partial charge in [0.05, 0.1) is 33.9 Å². The lowest BCUT2D eigenvalue weighted by molar-refractivity contribution is -0.115. The fourth-order valence-electron chi connectivity index (χ4n) is 3.54. The van der Waals surface area contributed by atoms with Crippen molar-refractivity contribution in [2.45, 2.75) is 18.7 Å². The summed E-state index contributed by atoms with van der Waals surface area (Å²) >= 11 is 13.0. The molecule has 3 aromatic rings. The van der Waals surface area contributed by atoms with Crippen molar-refractivity contribution in [1.82, 2.24) is 4.90 Å². The monoisotopic (exact) mass is 515 g/mol. The molecule has 0 fully saturated rings. The van der Waals surface area contributed by atoms with Crippen molar-refractivity contribution in [1.29, 1.82) is 5.26 Å². The van der Waals surface area contributed by atoms with E-state index in [2.05, 4.69) is 11.4 Å². The summed E-state index contributed by atoms with van der Waals surface area (Å²) in [6, 6.07) is 17.8. The van der Waals surface area contributed by atoms with E-state index in [0.29, 0.717) is 44.5 Å². The smallest absolute Gasteiger partial charge is 0.228 e. The van der Waals surface area contributed by atoms with E-state index in [1.807, 2.05) is 31.1 Å². The summed E-state index contributed by atoms with van der Waals surface area (Å²) in [5.74, 6) is -0.290. The van der Waals surface area contributed by atoms with Crippen LogP contribution in [0.25, 0.3) is 11.1 Å². The van der Waals surface area contributed by atoms with Crippen molar-refractivity contribution in [2.24, 2.45) is 0 Å². The number of hydrogen-bond acceptors (Lipinski definition) is 5. The molecule has 0 heterocycles. The number of carbonyl (C=O) groups is 1. The molecule has 1 amide bonds. The van der Waals surface area contributed by atoms with Gasteiger partial charge >= 0.3 is 0 Å². The minimum atomic E-state index is -2.49. The lowest BCUT2D eigenvalue weighted by atomic mass is 9.99. The number of anilines is 1. The van der Waals surface area contributed by atoms with Crippen LogP contribution in [0.2, 0.25) is 10.0 Å². The minimum absolute atomic E-state index is 0.0284. The Balaban J connectivity index is 1.76. The Kier molecular flexibility index (Phi) is 8.70. The van der Waals surface area contributed by atoms with Crippen molar-refractivity contribution >= 4 is 45.5 Å². The van der Waals surface area contributed by atoms with E-state index in [0.717, 1.165) is 11.1 Å². The second-order valence-electron chi connectivity index (χ2n) is 8.07. The molecular formula is C25H23Cl2N3O3S. The van der Waals surface area contributed by atoms with Crippen molar-refractivity contribution in [2.75, 3.05) is 19.4 Å². The van der Waals surface area contributed by atoms with Crippen LogP contribution in [-0.2, 0) is 34.2 Å². The Bertz CT molecular complexity index is 1300. The average molecular weight is 516 g/mol. The summed E-state index contributed by atoms with van der Waals surface area (Å²) in [5.41, 5.74) is 4.62. The number of hydrogen-bond donors (Lipinski definition) is 2. The molecule has 0 unspecified atom stereocenters. The Hall–Kier alpha value is -2.89. The topological polar surface area (TPSA) is 90.3 Å². The number of nitriles is 1. The molecule has 176 valence electrons. The predicted octanol–water partition coefficient (Wildman–Crippen LogP) is 4.89. The van der Waals surface area contributed by atoms with Crippen LogP contribution < -0.4 is 5.32 Å². The lowest BCUT2D eigenvalue weighted by Crippen LogP contribution is -2.14. The van der Waals surface area contributed by atoms with E-state index < -0.39 is 10.7 Å². The van der Waals surface area contributed by atoms with Gasteiger partial charge < -0.3 is 10.2 Å². The molecule has 0 aliphatic heterocycles. The largest absolute Gasteiger partial charge is 0.326 e. The van der Waals surface area contributed by atoms with E-state index in [-0.39, 0.29) is 18.1 Å².